The van der Waals surface area contributed by atoms with E-state index in [-0.39, 0.29) is 43.8 Å². The number of aliphatic hydroxyl groups is 2. The molecule has 24 heteroatoms. The summed E-state index contributed by atoms with van der Waals surface area (Å²) in [6.45, 7) is -0.640. The van der Waals surface area contributed by atoms with E-state index in [4.69, 9.17) is 11.5 Å². The minimum absolute atomic E-state index is 0.0223. The van der Waals surface area contributed by atoms with Crippen molar-refractivity contribution in [2.75, 3.05) is 13.2 Å². The Morgan fingerprint density at radius 3 is 1.86 bits per heavy atom. The van der Waals surface area contributed by atoms with Crippen molar-refractivity contribution in [3.63, 3.8) is 0 Å². The number of aromatic nitrogens is 1. The fourth-order valence-electron chi connectivity index (χ4n) is 7.57. The molecule has 1 aromatic heterocycles. The fraction of sp³-hybridized carbons (Fsp3) is 0.362. The first kappa shape index (κ1) is 53.6. The number of para-hydroxylation sites is 1. The van der Waals surface area contributed by atoms with Gasteiger partial charge in [-0.15, -0.1) is 0 Å². The molecule has 0 spiro atoms. The van der Waals surface area contributed by atoms with Crippen LogP contribution in [0.2, 0.25) is 0 Å². The lowest BCUT2D eigenvalue weighted by atomic mass is 10.0. The molecule has 1 aliphatic heterocycles. The van der Waals surface area contributed by atoms with Gasteiger partial charge >= 0.3 is 0 Å². The van der Waals surface area contributed by atoms with Crippen LogP contribution in [-0.4, -0.2) is 141 Å². The highest BCUT2D eigenvalue weighted by molar-refractivity contribution is 5.99. The second-order valence-electron chi connectivity index (χ2n) is 16.8. The van der Waals surface area contributed by atoms with Crippen LogP contribution < -0.4 is 54.0 Å². The van der Waals surface area contributed by atoms with Gasteiger partial charge in [-0.25, -0.2) is 0 Å². The van der Waals surface area contributed by atoms with E-state index in [1.807, 2.05) is 18.2 Å². The van der Waals surface area contributed by atoms with Crippen molar-refractivity contribution < 1.29 is 63.3 Å². The van der Waals surface area contributed by atoms with Gasteiger partial charge in [0.05, 0.1) is 25.7 Å². The number of H-pyrrole nitrogens is 1. The Bertz CT molecular complexity index is 2590. The molecule has 378 valence electrons. The average molecular weight is 984 g/mol. The van der Waals surface area contributed by atoms with Gasteiger partial charge in [-0.05, 0) is 48.2 Å². The third-order valence-electron chi connectivity index (χ3n) is 11.4. The van der Waals surface area contributed by atoms with E-state index in [0.717, 1.165) is 17.8 Å². The SMILES string of the molecule is C[C@@H](O)[C@H](NC(=O)[C@H](CO)NC(=O)[C@H](Cc1ccccc1)NC(=O)[C@H](CC(N)=O)NC(=O)[C@H](Cc1ccc(O)cc1)NC(=O)[C@@H]1CCC(=O)N1)C(=O)NCC(=O)N[C@@H](Cc1c[nH]c2ccccc12)C(N)=O. The summed E-state index contributed by atoms with van der Waals surface area (Å²) >= 11 is 0. The Morgan fingerprint density at radius 1 is 0.676 bits per heavy atom. The maximum Gasteiger partial charge on any atom is 0.245 e. The predicted molar refractivity (Wildman–Crippen MR) is 251 cm³/mol. The number of rotatable bonds is 25. The number of aliphatic hydroxyl groups excluding tert-OH is 2. The number of carbonyl (C=O) groups is 10. The predicted octanol–water partition coefficient (Wildman–Crippen LogP) is -4.06. The van der Waals surface area contributed by atoms with Crippen LogP contribution in [0.1, 0.15) is 42.9 Å². The highest BCUT2D eigenvalue weighted by Crippen LogP contribution is 2.19. The van der Waals surface area contributed by atoms with Gasteiger partial charge in [-0.2, -0.15) is 0 Å². The Labute approximate surface area is 405 Å². The number of hydrogen-bond donors (Lipinski definition) is 14. The summed E-state index contributed by atoms with van der Waals surface area (Å²) in [6, 6.07) is 10.7. The van der Waals surface area contributed by atoms with Crippen LogP contribution in [0.25, 0.3) is 10.9 Å². The highest BCUT2D eigenvalue weighted by atomic mass is 16.3. The van der Waals surface area contributed by atoms with Crippen molar-refractivity contribution in [1.82, 2.24) is 47.5 Å². The molecule has 0 unspecified atom stereocenters. The normalized spacial score (nSPS) is 16.0. The third kappa shape index (κ3) is 15.8. The number of nitrogens with two attached hydrogens (primary N) is 2. The molecule has 16 N–H and O–H groups in total. The quantitative estimate of drug-likeness (QED) is 0.0301. The van der Waals surface area contributed by atoms with E-state index in [1.165, 1.54) is 24.3 Å². The Balaban J connectivity index is 1.25. The fourth-order valence-corrected chi connectivity index (χ4v) is 7.57. The van der Waals surface area contributed by atoms with E-state index < -0.39 is 121 Å². The molecule has 24 nitrogen and oxygen atoms in total. The van der Waals surface area contributed by atoms with E-state index in [0.29, 0.717) is 16.7 Å². The Kier molecular flexibility index (Phi) is 19.1. The number of phenolic OH excluding ortho intramolecular Hbond substituents is 1. The lowest BCUT2D eigenvalue weighted by Gasteiger charge is -2.27. The maximum absolute atomic E-state index is 14.0. The Hall–Kier alpha value is -8.38. The van der Waals surface area contributed by atoms with Crippen LogP contribution >= 0.6 is 0 Å². The molecule has 8 atom stereocenters. The summed E-state index contributed by atoms with van der Waals surface area (Å²) in [5, 5.41) is 50.5. The van der Waals surface area contributed by atoms with Crippen molar-refractivity contribution in [3.05, 3.63) is 102 Å². The number of amides is 10. The standard InChI is InChI=1S/C47H57N11O13/c1-24(60)40(47(71)51-22-39(64)53-32(41(49)65)19-27-21-50-30-10-6-5-9-29(27)30)58-46(70)36(23-59)57-44(68)33(17-25-7-3-2-4-8-25)55-45(69)35(20-37(48)62)56-43(67)34(18-26-11-13-28(61)14-12-26)54-42(66)31-15-16-38(63)52-31/h2-14,21,24,31-36,40,50,59-61H,15-20,22-23H2,1H3,(H2,48,62)(H2,49,65)(H,51,71)(H,52,63)(H,53,64)(H,54,66)(H,55,69)(H,56,67)(H,57,68)(H,58,70)/t24-,31+,32+,33+,34+,35+,36+,40+/m1/s1. The number of aromatic hydroxyl groups is 1. The van der Waals surface area contributed by atoms with Crippen LogP contribution in [0.15, 0.2) is 85.1 Å². The molecule has 71 heavy (non-hydrogen) atoms. The number of primary amides is 2. The number of benzene rings is 3. The lowest BCUT2D eigenvalue weighted by molar-refractivity contribution is -0.137. The first-order valence-electron chi connectivity index (χ1n) is 22.4. The van der Waals surface area contributed by atoms with Crippen molar-refractivity contribution in [2.45, 2.75) is 93.8 Å². The number of hydrogen-bond acceptors (Lipinski definition) is 13. The molecule has 1 aliphatic rings. The lowest BCUT2D eigenvalue weighted by Crippen LogP contribution is -2.62. The van der Waals surface area contributed by atoms with Crippen molar-refractivity contribution in [2.24, 2.45) is 11.5 Å². The first-order valence-corrected chi connectivity index (χ1v) is 22.4. The average Bonchev–Trinajstić information content (AvgIpc) is 3.97. The van der Waals surface area contributed by atoms with E-state index >= 15 is 0 Å². The van der Waals surface area contributed by atoms with Gasteiger partial charge in [0, 0.05) is 42.8 Å². The topological polar surface area (TPSA) is 395 Å². The molecule has 2 heterocycles. The number of nitrogens with one attached hydrogen (secondary N) is 9. The summed E-state index contributed by atoms with van der Waals surface area (Å²) in [5.41, 5.74) is 13.5. The highest BCUT2D eigenvalue weighted by Gasteiger charge is 2.36. The first-order chi connectivity index (χ1) is 33.8. The second kappa shape index (κ2) is 25.3. The van der Waals surface area contributed by atoms with Crippen LogP contribution in [0.4, 0.5) is 0 Å². The largest absolute Gasteiger partial charge is 0.508 e. The van der Waals surface area contributed by atoms with E-state index in [1.54, 1.807) is 42.6 Å². The molecule has 0 aliphatic carbocycles. The molecule has 0 saturated carbocycles. The Morgan fingerprint density at radius 2 is 1.25 bits per heavy atom. The zero-order valence-corrected chi connectivity index (χ0v) is 38.4. The van der Waals surface area contributed by atoms with E-state index in [9.17, 15) is 63.3 Å². The molecule has 0 bridgehead atoms. The molecule has 4 aromatic rings. The van der Waals surface area contributed by atoms with Gasteiger partial charge in [-0.3, -0.25) is 47.9 Å². The number of fused-ring (bicyclic) bond motifs is 1. The van der Waals surface area contributed by atoms with Crippen LogP contribution in [0.5, 0.6) is 5.75 Å². The van der Waals surface area contributed by atoms with Crippen molar-refractivity contribution in [3.8, 4) is 5.75 Å². The van der Waals surface area contributed by atoms with Crippen LogP contribution in [-0.2, 0) is 67.2 Å². The molecule has 1 fully saturated rings. The smallest absolute Gasteiger partial charge is 0.245 e. The summed E-state index contributed by atoms with van der Waals surface area (Å²) < 4.78 is 0. The zero-order valence-electron chi connectivity index (χ0n) is 38.4. The minimum Gasteiger partial charge on any atom is -0.508 e. The minimum atomic E-state index is -1.81. The number of carbonyl (C=O) groups excluding carboxylic acids is 10. The molecule has 0 radical (unpaired) electrons. The summed E-state index contributed by atoms with van der Waals surface area (Å²) in [4.78, 5) is 134. The van der Waals surface area contributed by atoms with Gasteiger partial charge in [0.2, 0.25) is 59.1 Å². The molecular formula is C47H57N11O13. The summed E-state index contributed by atoms with van der Waals surface area (Å²) in [7, 11) is 0. The van der Waals surface area contributed by atoms with Gasteiger partial charge in [0.1, 0.15) is 48.0 Å². The number of phenols is 1. The van der Waals surface area contributed by atoms with Gasteiger partial charge in [0.15, 0.2) is 0 Å². The van der Waals surface area contributed by atoms with Crippen molar-refractivity contribution >= 4 is 70.0 Å². The monoisotopic (exact) mass is 983 g/mol. The zero-order chi connectivity index (χ0) is 51.8. The molecule has 3 aromatic carbocycles. The molecule has 5 rings (SSSR count). The summed E-state index contributed by atoms with van der Waals surface area (Å²) in [5.74, 6) is -9.27. The second-order valence-corrected chi connectivity index (χ2v) is 16.8. The third-order valence-corrected chi connectivity index (χ3v) is 11.4. The van der Waals surface area contributed by atoms with Gasteiger partial charge in [0.25, 0.3) is 0 Å². The van der Waals surface area contributed by atoms with Crippen LogP contribution in [0.3, 0.4) is 0 Å². The van der Waals surface area contributed by atoms with Crippen LogP contribution in [0, 0.1) is 0 Å². The molecule has 1 saturated heterocycles. The summed E-state index contributed by atoms with van der Waals surface area (Å²) in [6.07, 6.45) is -0.897. The number of aromatic amines is 1. The maximum atomic E-state index is 14.0. The van der Waals surface area contributed by atoms with E-state index in [2.05, 4.69) is 47.5 Å². The van der Waals surface area contributed by atoms with Crippen molar-refractivity contribution in [1.29, 1.82) is 0 Å². The van der Waals surface area contributed by atoms with Gasteiger partial charge in [-0.1, -0.05) is 60.7 Å². The molecule has 10 amide bonds. The van der Waals surface area contributed by atoms with Gasteiger partial charge < -0.3 is 74.3 Å². The molecular weight excluding hydrogens is 927 g/mol.